The molecule has 0 fully saturated rings. The van der Waals surface area contributed by atoms with Gasteiger partial charge in [-0.25, -0.2) is 8.42 Å². The fraction of sp³-hybridized carbons (Fsp3) is 0.500. The minimum absolute atomic E-state index is 0. The van der Waals surface area contributed by atoms with Crippen LogP contribution in [0, 0.1) is 0 Å². The number of nitrogens with one attached hydrogen (secondary N) is 2. The molecule has 0 aliphatic rings. The predicted octanol–water partition coefficient (Wildman–Crippen LogP) is 0.868. The Kier molecular flexibility index (Phi) is 10.0. The lowest BCUT2D eigenvalue weighted by molar-refractivity contribution is 0.0950. The average molecular weight is 351 g/mol. The van der Waals surface area contributed by atoms with E-state index in [1.54, 1.807) is 26.2 Å². The molecule has 0 atom stereocenters. The van der Waals surface area contributed by atoms with Crippen molar-refractivity contribution in [3.8, 4) is 0 Å². The average Bonchev–Trinajstić information content (AvgIpc) is 2.50. The lowest BCUT2D eigenvalue weighted by Gasteiger charge is -2.10. The molecule has 1 amide bonds. The van der Waals surface area contributed by atoms with Crippen LogP contribution in [-0.4, -0.2) is 53.4 Å². The molecular weight excluding hydrogens is 328 g/mol. The molecule has 0 aliphatic carbocycles. The van der Waals surface area contributed by atoms with Gasteiger partial charge in [0.25, 0.3) is 5.91 Å². The molecule has 1 aromatic carbocycles. The van der Waals surface area contributed by atoms with Gasteiger partial charge in [0.1, 0.15) is 0 Å². The summed E-state index contributed by atoms with van der Waals surface area (Å²) in [7, 11) is -1.79. The van der Waals surface area contributed by atoms with E-state index in [0.29, 0.717) is 26.2 Å². The zero-order valence-corrected chi connectivity index (χ0v) is 14.4. The molecule has 22 heavy (non-hydrogen) atoms. The molecule has 8 heteroatoms. The highest BCUT2D eigenvalue weighted by molar-refractivity contribution is 7.91. The normalized spacial score (nSPS) is 10.8. The summed E-state index contributed by atoms with van der Waals surface area (Å²) in [5.41, 5.74) is 0.191. The lowest BCUT2D eigenvalue weighted by atomic mass is 10.2. The Bertz CT molecular complexity index is 564. The summed E-state index contributed by atoms with van der Waals surface area (Å²) in [6, 6.07) is 6.26. The third-order valence-corrected chi connectivity index (χ3v) is 4.70. The highest BCUT2D eigenvalue weighted by atomic mass is 35.5. The number of hydrogen-bond donors (Lipinski definition) is 2. The van der Waals surface area contributed by atoms with Crippen LogP contribution in [0.3, 0.4) is 0 Å². The number of sulfone groups is 1. The molecule has 0 saturated heterocycles. The number of rotatable bonds is 9. The van der Waals surface area contributed by atoms with Crippen LogP contribution >= 0.6 is 12.4 Å². The van der Waals surface area contributed by atoms with E-state index < -0.39 is 9.84 Å². The topological polar surface area (TPSA) is 84.5 Å². The Morgan fingerprint density at radius 2 is 1.86 bits per heavy atom. The number of amides is 1. The minimum Gasteiger partial charge on any atom is -0.383 e. The van der Waals surface area contributed by atoms with E-state index in [4.69, 9.17) is 4.74 Å². The van der Waals surface area contributed by atoms with Crippen molar-refractivity contribution in [2.75, 3.05) is 39.1 Å². The minimum atomic E-state index is -3.41. The SMILES string of the molecule is CCS(=O)(=O)c1ccccc1C(=O)NCCNCCOC.Cl. The number of halogens is 1. The number of methoxy groups -OCH3 is 1. The fourth-order valence-corrected chi connectivity index (χ4v) is 2.83. The standard InChI is InChI=1S/C14H22N2O4S.ClH/c1-3-21(18,19)13-7-5-4-6-12(13)14(17)16-9-8-15-10-11-20-2;/h4-7,15H,3,8-11H2,1-2H3,(H,16,17);1H. The maximum atomic E-state index is 12.1. The summed E-state index contributed by atoms with van der Waals surface area (Å²) >= 11 is 0. The van der Waals surface area contributed by atoms with Crippen molar-refractivity contribution in [2.45, 2.75) is 11.8 Å². The molecule has 0 unspecified atom stereocenters. The fourth-order valence-electron chi connectivity index (χ4n) is 1.74. The van der Waals surface area contributed by atoms with Crippen LogP contribution in [0.25, 0.3) is 0 Å². The van der Waals surface area contributed by atoms with E-state index in [2.05, 4.69) is 10.6 Å². The van der Waals surface area contributed by atoms with Crippen LogP contribution in [0.5, 0.6) is 0 Å². The molecule has 0 saturated carbocycles. The second kappa shape index (κ2) is 10.6. The Labute approximate surface area is 138 Å². The van der Waals surface area contributed by atoms with E-state index in [1.165, 1.54) is 12.1 Å². The van der Waals surface area contributed by atoms with E-state index in [9.17, 15) is 13.2 Å². The summed E-state index contributed by atoms with van der Waals surface area (Å²) < 4.78 is 28.8. The number of carbonyl (C=O) groups excluding carboxylic acids is 1. The first-order chi connectivity index (χ1) is 10.0. The summed E-state index contributed by atoms with van der Waals surface area (Å²) in [6.07, 6.45) is 0. The Hall–Kier alpha value is -1.15. The van der Waals surface area contributed by atoms with Gasteiger partial charge in [-0.15, -0.1) is 12.4 Å². The number of hydrogen-bond acceptors (Lipinski definition) is 5. The van der Waals surface area contributed by atoms with Gasteiger partial charge in [-0.1, -0.05) is 19.1 Å². The zero-order valence-electron chi connectivity index (χ0n) is 12.8. The van der Waals surface area contributed by atoms with Crippen molar-refractivity contribution in [3.63, 3.8) is 0 Å². The molecule has 1 aromatic rings. The quantitative estimate of drug-likeness (QED) is 0.645. The van der Waals surface area contributed by atoms with Crippen LogP contribution in [0.4, 0.5) is 0 Å². The molecule has 1 rings (SSSR count). The van der Waals surface area contributed by atoms with Crippen LogP contribution in [0.2, 0.25) is 0 Å². The van der Waals surface area contributed by atoms with Crippen molar-refractivity contribution in [1.29, 1.82) is 0 Å². The van der Waals surface area contributed by atoms with E-state index >= 15 is 0 Å². The molecule has 6 nitrogen and oxygen atoms in total. The highest BCUT2D eigenvalue weighted by Crippen LogP contribution is 2.16. The van der Waals surface area contributed by atoms with Crippen molar-refractivity contribution in [3.05, 3.63) is 29.8 Å². The molecule has 0 radical (unpaired) electrons. The van der Waals surface area contributed by atoms with Crippen LogP contribution in [-0.2, 0) is 14.6 Å². The first-order valence-electron chi connectivity index (χ1n) is 6.82. The number of carbonyl (C=O) groups is 1. The second-order valence-corrected chi connectivity index (χ2v) is 6.64. The Morgan fingerprint density at radius 3 is 2.50 bits per heavy atom. The van der Waals surface area contributed by atoms with Crippen LogP contribution in [0.15, 0.2) is 29.2 Å². The Balaban J connectivity index is 0.00000441. The molecule has 0 bridgehead atoms. The molecule has 0 aromatic heterocycles. The summed E-state index contributed by atoms with van der Waals surface area (Å²) in [5.74, 6) is -0.410. The van der Waals surface area contributed by atoms with Gasteiger partial charge in [0.05, 0.1) is 22.8 Å². The van der Waals surface area contributed by atoms with Gasteiger partial charge in [0.2, 0.25) is 0 Å². The summed E-state index contributed by atoms with van der Waals surface area (Å²) in [5, 5.41) is 5.80. The number of benzene rings is 1. The first kappa shape index (κ1) is 20.9. The van der Waals surface area contributed by atoms with E-state index in [-0.39, 0.29) is 34.5 Å². The molecule has 0 spiro atoms. The van der Waals surface area contributed by atoms with Gasteiger partial charge in [0.15, 0.2) is 9.84 Å². The molecule has 126 valence electrons. The monoisotopic (exact) mass is 350 g/mol. The molecule has 2 N–H and O–H groups in total. The zero-order chi connectivity index (χ0) is 15.7. The van der Waals surface area contributed by atoms with Gasteiger partial charge in [0, 0.05) is 26.7 Å². The molecule has 0 heterocycles. The smallest absolute Gasteiger partial charge is 0.252 e. The molecular formula is C14H23ClN2O4S. The maximum absolute atomic E-state index is 12.1. The highest BCUT2D eigenvalue weighted by Gasteiger charge is 2.19. The largest absolute Gasteiger partial charge is 0.383 e. The summed E-state index contributed by atoms with van der Waals surface area (Å²) in [4.78, 5) is 12.2. The van der Waals surface area contributed by atoms with E-state index in [1.807, 2.05) is 0 Å². The van der Waals surface area contributed by atoms with Crippen molar-refractivity contribution in [2.24, 2.45) is 0 Å². The number of ether oxygens (including phenoxy) is 1. The van der Waals surface area contributed by atoms with Gasteiger partial charge in [-0.3, -0.25) is 4.79 Å². The van der Waals surface area contributed by atoms with Crippen molar-refractivity contribution in [1.82, 2.24) is 10.6 Å². The van der Waals surface area contributed by atoms with Crippen molar-refractivity contribution >= 4 is 28.2 Å². The Morgan fingerprint density at radius 1 is 1.18 bits per heavy atom. The van der Waals surface area contributed by atoms with Crippen molar-refractivity contribution < 1.29 is 17.9 Å². The maximum Gasteiger partial charge on any atom is 0.252 e. The predicted molar refractivity (Wildman–Crippen MR) is 88.5 cm³/mol. The van der Waals surface area contributed by atoms with Gasteiger partial charge < -0.3 is 15.4 Å². The van der Waals surface area contributed by atoms with Gasteiger partial charge >= 0.3 is 0 Å². The van der Waals surface area contributed by atoms with Gasteiger partial charge in [-0.05, 0) is 12.1 Å². The first-order valence-corrected chi connectivity index (χ1v) is 8.47. The third kappa shape index (κ3) is 6.31. The van der Waals surface area contributed by atoms with E-state index in [0.717, 1.165) is 0 Å². The molecule has 0 aliphatic heterocycles. The van der Waals surface area contributed by atoms with Gasteiger partial charge in [-0.2, -0.15) is 0 Å². The summed E-state index contributed by atoms with van der Waals surface area (Å²) in [6.45, 7) is 3.88. The van der Waals surface area contributed by atoms with Crippen LogP contribution in [0.1, 0.15) is 17.3 Å². The van der Waals surface area contributed by atoms with Crippen LogP contribution < -0.4 is 10.6 Å². The second-order valence-electron chi connectivity index (χ2n) is 4.40. The lowest BCUT2D eigenvalue weighted by Crippen LogP contribution is -2.33. The third-order valence-electron chi connectivity index (χ3n) is 2.92.